The lowest BCUT2D eigenvalue weighted by atomic mass is 10.1. The van der Waals surface area contributed by atoms with Gasteiger partial charge in [0.25, 0.3) is 0 Å². The Bertz CT molecular complexity index is 1930. The molecule has 2 heterocycles. The van der Waals surface area contributed by atoms with Gasteiger partial charge in [-0.2, -0.15) is 0 Å². The van der Waals surface area contributed by atoms with Crippen molar-refractivity contribution >= 4 is 57.3 Å². The van der Waals surface area contributed by atoms with Gasteiger partial charge in [-0.1, -0.05) is 107 Å². The van der Waals surface area contributed by atoms with Crippen molar-refractivity contribution in [1.82, 2.24) is 0 Å². The van der Waals surface area contributed by atoms with E-state index in [1.165, 1.54) is 82.2 Å². The van der Waals surface area contributed by atoms with Crippen molar-refractivity contribution in [3.8, 4) is 0 Å². The maximum absolute atomic E-state index is 2.54. The van der Waals surface area contributed by atoms with E-state index >= 15 is 0 Å². The molecule has 0 unspecified atom stereocenters. The lowest BCUT2D eigenvalue weighted by molar-refractivity contribution is -0.673. The summed E-state index contributed by atoms with van der Waals surface area (Å²) in [6.07, 6.45) is 17.7. The molecule has 0 saturated carbocycles. The van der Waals surface area contributed by atoms with Gasteiger partial charge in [0, 0.05) is 85.5 Å². The highest BCUT2D eigenvalue weighted by Gasteiger charge is 2.10. The topological polar surface area (TPSA) is 14.2 Å². The predicted molar refractivity (Wildman–Crippen MR) is 244 cm³/mol. The monoisotopic (exact) mass is 776 g/mol. The third kappa shape index (κ3) is 13.3. The highest BCUT2D eigenvalue weighted by Crippen LogP contribution is 2.26. The molecule has 4 aromatic carbocycles. The van der Waals surface area contributed by atoms with Crippen LogP contribution in [0, 0.1) is 0 Å². The molecule has 0 aliphatic rings. The van der Waals surface area contributed by atoms with Gasteiger partial charge in [0.2, 0.25) is 11.4 Å². The van der Waals surface area contributed by atoms with Crippen LogP contribution in [0.25, 0.3) is 24.3 Å². The number of nitrogens with zero attached hydrogens (tertiary/aromatic N) is 4. The van der Waals surface area contributed by atoms with Gasteiger partial charge in [0.1, 0.15) is 14.1 Å². The minimum atomic E-state index is 0.924. The van der Waals surface area contributed by atoms with Crippen LogP contribution in [0.3, 0.4) is 0 Å². The van der Waals surface area contributed by atoms with E-state index in [4.69, 9.17) is 0 Å². The molecule has 286 valence electrons. The molecular weight excluding hydrogens is 721 g/mol. The normalized spacial score (nSPS) is 11.4. The van der Waals surface area contributed by atoms with Gasteiger partial charge >= 0.3 is 0 Å². The first-order valence-electron chi connectivity index (χ1n) is 19.9. The van der Waals surface area contributed by atoms with Crippen molar-refractivity contribution in [3.63, 3.8) is 0 Å². The molecule has 0 atom stereocenters. The van der Waals surface area contributed by atoms with E-state index in [1.54, 1.807) is 0 Å². The van der Waals surface area contributed by atoms with Crippen LogP contribution >= 0.6 is 21.6 Å². The van der Waals surface area contributed by atoms with Crippen molar-refractivity contribution in [3.05, 3.63) is 192 Å². The van der Waals surface area contributed by atoms with E-state index in [0.717, 1.165) is 26.2 Å². The first-order valence-corrected chi connectivity index (χ1v) is 22.4. The van der Waals surface area contributed by atoms with Crippen LogP contribution in [0.4, 0.5) is 11.4 Å². The fraction of sp³-hybridized carbons (Fsp3) is 0.240. The zero-order valence-electron chi connectivity index (χ0n) is 33.0. The molecule has 6 rings (SSSR count). The Hall–Kier alpha value is -5.04. The maximum atomic E-state index is 2.54. The van der Waals surface area contributed by atoms with Gasteiger partial charge in [-0.15, -0.1) is 0 Å². The molecule has 0 bridgehead atoms. The molecule has 4 nitrogen and oxygen atoms in total. The summed E-state index contributed by atoms with van der Waals surface area (Å²) in [6, 6.07) is 52.3. The molecule has 6 aromatic rings. The van der Waals surface area contributed by atoms with Crippen LogP contribution in [-0.4, -0.2) is 24.6 Å². The Morgan fingerprint density at radius 2 is 0.821 bits per heavy atom. The summed E-state index contributed by atoms with van der Waals surface area (Å²) in [5, 5.41) is 0. The van der Waals surface area contributed by atoms with Crippen molar-refractivity contribution in [2.75, 3.05) is 34.4 Å². The Kier molecular flexibility index (Phi) is 16.3. The fourth-order valence-electron chi connectivity index (χ4n) is 6.63. The van der Waals surface area contributed by atoms with Gasteiger partial charge in [0.15, 0.2) is 12.4 Å². The largest absolute Gasteiger partial charge is 0.367 e. The number of hydrogen-bond acceptors (Lipinski definition) is 4. The molecule has 0 saturated heterocycles. The summed E-state index contributed by atoms with van der Waals surface area (Å²) >= 11 is 0. The van der Waals surface area contributed by atoms with E-state index < -0.39 is 0 Å². The van der Waals surface area contributed by atoms with Crippen LogP contribution in [0.5, 0.6) is 0 Å². The molecule has 56 heavy (non-hydrogen) atoms. The minimum absolute atomic E-state index is 0.924. The number of hydrogen-bond donors (Lipinski definition) is 0. The van der Waals surface area contributed by atoms with Crippen LogP contribution in [0.2, 0.25) is 0 Å². The van der Waals surface area contributed by atoms with Crippen LogP contribution < -0.4 is 18.9 Å². The Labute approximate surface area is 343 Å². The van der Waals surface area contributed by atoms with Gasteiger partial charge < -0.3 is 9.80 Å². The second-order valence-electron chi connectivity index (χ2n) is 14.2. The van der Waals surface area contributed by atoms with E-state index in [2.05, 4.69) is 215 Å². The van der Waals surface area contributed by atoms with E-state index in [0.29, 0.717) is 0 Å². The fourth-order valence-corrected chi connectivity index (χ4v) is 8.92. The number of rotatable bonds is 21. The smallest absolute Gasteiger partial charge is 0.204 e. The average molecular weight is 777 g/mol. The van der Waals surface area contributed by atoms with Gasteiger partial charge in [0.05, 0.1) is 0 Å². The summed E-state index contributed by atoms with van der Waals surface area (Å²) in [6.45, 7) is 3.95. The quantitative estimate of drug-likeness (QED) is 0.0410. The summed E-state index contributed by atoms with van der Waals surface area (Å²) in [5.41, 5.74) is 10.1. The number of unbranched alkanes of at least 4 members (excludes halogenated alkanes) is 2. The van der Waals surface area contributed by atoms with Crippen molar-refractivity contribution in [1.29, 1.82) is 0 Å². The number of aromatic nitrogens is 2. The third-order valence-corrected chi connectivity index (χ3v) is 12.5. The Morgan fingerprint density at radius 1 is 0.429 bits per heavy atom. The van der Waals surface area contributed by atoms with E-state index in [9.17, 15) is 0 Å². The number of benzene rings is 4. The summed E-state index contributed by atoms with van der Waals surface area (Å²) in [7, 11) is 8.24. The summed E-state index contributed by atoms with van der Waals surface area (Å²) < 4.78 is 4.27. The zero-order chi connectivity index (χ0) is 38.6. The Balaban J connectivity index is 0.931. The molecule has 0 radical (unpaired) electrons. The SMILES string of the molecule is C[n+]1ccccc1C=Cc1ccc(N(CCCCSSCCCCN(Cc2ccccc2)c2ccc(C=Cc3cccc[n+]3C)cc2)Cc2ccccc2)cc1. The standard InChI is InChI=1S/C50H56N4S2/c1-51-35-11-9-21-47(51)29-23-43-25-31-49(32-26-43)53(41-45-17-5-3-6-18-45)37-13-15-39-55-56-40-16-14-38-54(42-46-19-7-4-8-20-46)50-33-27-44(28-34-50)24-30-48-22-10-12-36-52(48)2/h3-12,17-36H,13-16,37-42H2,1-2H3/q+2. The van der Waals surface area contributed by atoms with Crippen molar-refractivity contribution < 1.29 is 9.13 Å². The van der Waals surface area contributed by atoms with Gasteiger partial charge in [-0.05, 0) is 96.5 Å². The van der Waals surface area contributed by atoms with Crippen LogP contribution in [0.15, 0.2) is 158 Å². The molecular formula is C50H56N4S2+2. The second-order valence-corrected chi connectivity index (χ2v) is 16.9. The first kappa shape index (κ1) is 40.6. The lowest BCUT2D eigenvalue weighted by Gasteiger charge is -2.25. The first-order chi connectivity index (χ1) is 27.6. The number of aryl methyl sites for hydroxylation is 2. The summed E-state index contributed by atoms with van der Waals surface area (Å²) in [5.74, 6) is 2.38. The lowest BCUT2D eigenvalue weighted by Crippen LogP contribution is -2.30. The van der Waals surface area contributed by atoms with Crippen LogP contribution in [0.1, 0.15) is 59.3 Å². The van der Waals surface area contributed by atoms with Crippen molar-refractivity contribution in [2.24, 2.45) is 14.1 Å². The van der Waals surface area contributed by atoms with Gasteiger partial charge in [-0.25, -0.2) is 9.13 Å². The molecule has 0 aliphatic heterocycles. The van der Waals surface area contributed by atoms with E-state index in [1.807, 2.05) is 21.6 Å². The molecule has 2 aromatic heterocycles. The highest BCUT2D eigenvalue weighted by atomic mass is 33.1. The summed E-state index contributed by atoms with van der Waals surface area (Å²) in [4.78, 5) is 5.07. The maximum Gasteiger partial charge on any atom is 0.204 e. The molecule has 0 fully saturated rings. The predicted octanol–water partition coefficient (Wildman–Crippen LogP) is 11.3. The highest BCUT2D eigenvalue weighted by molar-refractivity contribution is 8.76. The number of pyridine rings is 2. The molecule has 0 aliphatic carbocycles. The zero-order valence-corrected chi connectivity index (χ0v) is 34.6. The van der Waals surface area contributed by atoms with E-state index in [-0.39, 0.29) is 0 Å². The molecule has 6 heteroatoms. The average Bonchev–Trinajstić information content (AvgIpc) is 3.24. The molecule has 0 spiro atoms. The second kappa shape index (κ2) is 22.5. The van der Waals surface area contributed by atoms with Crippen LogP contribution in [-0.2, 0) is 27.2 Å². The van der Waals surface area contributed by atoms with Gasteiger partial charge in [-0.3, -0.25) is 0 Å². The number of anilines is 2. The third-order valence-electron chi connectivity index (χ3n) is 9.93. The molecule has 0 amide bonds. The minimum Gasteiger partial charge on any atom is -0.367 e. The Morgan fingerprint density at radius 3 is 1.21 bits per heavy atom. The molecule has 0 N–H and O–H groups in total. The van der Waals surface area contributed by atoms with Crippen molar-refractivity contribution in [2.45, 2.75) is 38.8 Å².